The first-order chi connectivity index (χ1) is 10.0. The lowest BCUT2D eigenvalue weighted by Crippen LogP contribution is -2.20. The molecule has 112 valence electrons. The Bertz CT molecular complexity index is 609. The fourth-order valence-electron chi connectivity index (χ4n) is 2.19. The van der Waals surface area contributed by atoms with Crippen molar-refractivity contribution in [2.45, 2.75) is 33.2 Å². The number of nitrogens with zero attached hydrogens (tertiary/aromatic N) is 2. The summed E-state index contributed by atoms with van der Waals surface area (Å²) < 4.78 is 0. The number of halogens is 2. The van der Waals surface area contributed by atoms with Crippen LogP contribution in [0.15, 0.2) is 24.4 Å². The van der Waals surface area contributed by atoms with Gasteiger partial charge < -0.3 is 5.32 Å². The van der Waals surface area contributed by atoms with Gasteiger partial charge in [0.1, 0.15) is 0 Å². The van der Waals surface area contributed by atoms with E-state index in [1.807, 2.05) is 25.3 Å². The molecule has 0 saturated heterocycles. The Morgan fingerprint density at radius 1 is 1.19 bits per heavy atom. The number of aromatic nitrogens is 2. The largest absolute Gasteiger partial charge is 0.310 e. The molecule has 0 spiro atoms. The van der Waals surface area contributed by atoms with E-state index in [2.05, 4.69) is 29.1 Å². The Labute approximate surface area is 135 Å². The second-order valence-electron chi connectivity index (χ2n) is 5.07. The normalized spacial score (nSPS) is 12.4. The van der Waals surface area contributed by atoms with Gasteiger partial charge in [-0.3, -0.25) is 0 Å². The van der Waals surface area contributed by atoms with Crippen LogP contribution < -0.4 is 5.32 Å². The smallest absolute Gasteiger partial charge is 0.159 e. The van der Waals surface area contributed by atoms with Crippen LogP contribution in [0.3, 0.4) is 0 Å². The highest BCUT2D eigenvalue weighted by Crippen LogP contribution is 2.26. The lowest BCUT2D eigenvalue weighted by molar-refractivity contribution is 0.564. The molecule has 3 nitrogen and oxygen atoms in total. The number of hydrogen-bond acceptors (Lipinski definition) is 3. The fraction of sp³-hybridized carbons (Fsp3) is 0.375. The van der Waals surface area contributed by atoms with Crippen LogP contribution in [-0.2, 0) is 0 Å². The minimum Gasteiger partial charge on any atom is -0.310 e. The SMILES string of the molecule is CCCNC(C)c1cnc(-c2cc(Cl)cc(Cl)c2)nc1C. The van der Waals surface area contributed by atoms with Crippen molar-refractivity contribution in [3.05, 3.63) is 45.7 Å². The first-order valence-electron chi connectivity index (χ1n) is 7.04. The summed E-state index contributed by atoms with van der Waals surface area (Å²) in [6, 6.07) is 5.58. The summed E-state index contributed by atoms with van der Waals surface area (Å²) in [7, 11) is 0. The van der Waals surface area contributed by atoms with Crippen LogP contribution >= 0.6 is 23.2 Å². The summed E-state index contributed by atoms with van der Waals surface area (Å²) >= 11 is 12.1. The van der Waals surface area contributed by atoms with Crippen LogP contribution in [0.2, 0.25) is 10.0 Å². The van der Waals surface area contributed by atoms with E-state index in [-0.39, 0.29) is 6.04 Å². The molecule has 1 aromatic carbocycles. The third kappa shape index (κ3) is 4.16. The predicted molar refractivity (Wildman–Crippen MR) is 88.9 cm³/mol. The third-order valence-corrected chi connectivity index (χ3v) is 3.74. The monoisotopic (exact) mass is 323 g/mol. The fourth-order valence-corrected chi connectivity index (χ4v) is 2.72. The van der Waals surface area contributed by atoms with E-state index in [4.69, 9.17) is 23.2 Å². The summed E-state index contributed by atoms with van der Waals surface area (Å²) in [5, 5.41) is 4.61. The van der Waals surface area contributed by atoms with Crippen LogP contribution in [0, 0.1) is 6.92 Å². The lowest BCUT2D eigenvalue weighted by atomic mass is 10.1. The predicted octanol–water partition coefficient (Wildman–Crippen LogP) is 4.82. The molecule has 0 amide bonds. The summed E-state index contributed by atoms with van der Waals surface area (Å²) in [6.07, 6.45) is 2.98. The summed E-state index contributed by atoms with van der Waals surface area (Å²) in [5.74, 6) is 0.642. The summed E-state index contributed by atoms with van der Waals surface area (Å²) in [5.41, 5.74) is 2.91. The molecule has 0 aliphatic carbocycles. The molecule has 0 fully saturated rings. The number of nitrogens with one attached hydrogen (secondary N) is 1. The molecule has 21 heavy (non-hydrogen) atoms. The number of benzene rings is 1. The van der Waals surface area contributed by atoms with E-state index in [9.17, 15) is 0 Å². The van der Waals surface area contributed by atoms with Crippen LogP contribution in [-0.4, -0.2) is 16.5 Å². The average Bonchev–Trinajstić information content (AvgIpc) is 2.43. The van der Waals surface area contributed by atoms with Crippen LogP contribution in [0.1, 0.15) is 37.6 Å². The molecule has 0 aliphatic heterocycles. The zero-order valence-corrected chi connectivity index (χ0v) is 14.0. The van der Waals surface area contributed by atoms with Crippen LogP contribution in [0.25, 0.3) is 11.4 Å². The standard InChI is InChI=1S/C16H19Cl2N3/c1-4-5-19-10(2)15-9-20-16(21-11(15)3)12-6-13(17)8-14(18)7-12/h6-10,19H,4-5H2,1-3H3. The third-order valence-electron chi connectivity index (χ3n) is 3.31. The quantitative estimate of drug-likeness (QED) is 0.857. The van der Waals surface area contributed by atoms with Gasteiger partial charge in [0, 0.05) is 39.1 Å². The number of rotatable bonds is 5. The van der Waals surface area contributed by atoms with Crippen molar-refractivity contribution in [2.24, 2.45) is 0 Å². The Morgan fingerprint density at radius 2 is 1.86 bits per heavy atom. The molecular formula is C16H19Cl2N3. The second-order valence-corrected chi connectivity index (χ2v) is 5.94. The van der Waals surface area contributed by atoms with E-state index in [0.717, 1.165) is 29.8 Å². The molecule has 1 N–H and O–H groups in total. The highest BCUT2D eigenvalue weighted by Gasteiger charge is 2.12. The first kappa shape index (κ1) is 16.2. The van der Waals surface area contributed by atoms with Gasteiger partial charge in [-0.2, -0.15) is 0 Å². The molecule has 0 saturated carbocycles. The molecule has 0 radical (unpaired) electrons. The average molecular weight is 324 g/mol. The number of hydrogen-bond donors (Lipinski definition) is 1. The molecule has 1 heterocycles. The van der Waals surface area contributed by atoms with Crippen LogP contribution in [0.4, 0.5) is 0 Å². The molecule has 0 aliphatic rings. The van der Waals surface area contributed by atoms with Crippen molar-refractivity contribution in [3.8, 4) is 11.4 Å². The zero-order chi connectivity index (χ0) is 15.4. The maximum Gasteiger partial charge on any atom is 0.159 e. The Hall–Kier alpha value is -1.16. The van der Waals surface area contributed by atoms with Gasteiger partial charge in [0.05, 0.1) is 0 Å². The topological polar surface area (TPSA) is 37.8 Å². The minimum absolute atomic E-state index is 0.238. The lowest BCUT2D eigenvalue weighted by Gasteiger charge is -2.15. The van der Waals surface area contributed by atoms with Gasteiger partial charge in [-0.1, -0.05) is 30.1 Å². The zero-order valence-electron chi connectivity index (χ0n) is 12.5. The van der Waals surface area contributed by atoms with E-state index < -0.39 is 0 Å². The highest BCUT2D eigenvalue weighted by atomic mass is 35.5. The van der Waals surface area contributed by atoms with E-state index >= 15 is 0 Å². The number of aryl methyl sites for hydroxylation is 1. The summed E-state index contributed by atoms with van der Waals surface area (Å²) in [6.45, 7) is 7.25. The molecule has 2 rings (SSSR count). The van der Waals surface area contributed by atoms with E-state index in [0.29, 0.717) is 15.9 Å². The molecule has 0 bridgehead atoms. The second kappa shape index (κ2) is 7.21. The molecule has 5 heteroatoms. The maximum absolute atomic E-state index is 6.03. The van der Waals surface area contributed by atoms with Crippen molar-refractivity contribution in [1.82, 2.24) is 15.3 Å². The van der Waals surface area contributed by atoms with Gasteiger partial charge in [-0.15, -0.1) is 0 Å². The van der Waals surface area contributed by atoms with Crippen molar-refractivity contribution >= 4 is 23.2 Å². The van der Waals surface area contributed by atoms with Crippen molar-refractivity contribution in [3.63, 3.8) is 0 Å². The first-order valence-corrected chi connectivity index (χ1v) is 7.80. The van der Waals surface area contributed by atoms with Crippen molar-refractivity contribution in [1.29, 1.82) is 0 Å². The van der Waals surface area contributed by atoms with Crippen molar-refractivity contribution in [2.75, 3.05) is 6.54 Å². The molecule has 1 unspecified atom stereocenters. The molecule has 2 aromatic rings. The minimum atomic E-state index is 0.238. The Kier molecular flexibility index (Phi) is 5.57. The molecule has 1 aromatic heterocycles. The van der Waals surface area contributed by atoms with E-state index in [1.54, 1.807) is 6.07 Å². The van der Waals surface area contributed by atoms with Gasteiger partial charge in [-0.25, -0.2) is 9.97 Å². The molecular weight excluding hydrogens is 305 g/mol. The maximum atomic E-state index is 6.03. The Balaban J connectivity index is 2.30. The van der Waals surface area contributed by atoms with Gasteiger partial charge in [0.2, 0.25) is 0 Å². The summed E-state index contributed by atoms with van der Waals surface area (Å²) in [4.78, 5) is 9.04. The van der Waals surface area contributed by atoms with Gasteiger partial charge in [0.15, 0.2) is 5.82 Å². The van der Waals surface area contributed by atoms with Crippen LogP contribution in [0.5, 0.6) is 0 Å². The Morgan fingerprint density at radius 3 is 2.43 bits per heavy atom. The van der Waals surface area contributed by atoms with Gasteiger partial charge in [0.25, 0.3) is 0 Å². The molecule has 1 atom stereocenters. The van der Waals surface area contributed by atoms with E-state index in [1.165, 1.54) is 0 Å². The van der Waals surface area contributed by atoms with Gasteiger partial charge >= 0.3 is 0 Å². The van der Waals surface area contributed by atoms with Crippen molar-refractivity contribution < 1.29 is 0 Å². The highest BCUT2D eigenvalue weighted by molar-refractivity contribution is 6.35. The van der Waals surface area contributed by atoms with Gasteiger partial charge in [-0.05, 0) is 45.0 Å².